The van der Waals surface area contributed by atoms with Crippen molar-refractivity contribution in [1.29, 1.82) is 0 Å². The Balaban J connectivity index is 2.35. The average Bonchev–Trinajstić information content (AvgIpc) is 2.32. The molecule has 4 N–H and O–H groups in total. The van der Waals surface area contributed by atoms with Crippen LogP contribution in [0, 0.1) is 6.92 Å². The third-order valence-corrected chi connectivity index (χ3v) is 3.18. The molecule has 92 valence electrons. The number of amides is 1. The molecule has 0 aliphatic rings. The van der Waals surface area contributed by atoms with Crippen LogP contribution in [0.25, 0.3) is 0 Å². The van der Waals surface area contributed by atoms with Gasteiger partial charge in [0.05, 0.1) is 5.56 Å². The molecular weight excluding hydrogens is 248 g/mol. The monoisotopic (exact) mass is 260 g/mol. The van der Waals surface area contributed by atoms with Crippen molar-refractivity contribution in [3.8, 4) is 0 Å². The van der Waals surface area contributed by atoms with Crippen molar-refractivity contribution in [2.24, 2.45) is 5.73 Å². The Kier molecular flexibility index (Phi) is 3.47. The van der Waals surface area contributed by atoms with Crippen molar-refractivity contribution in [2.75, 3.05) is 5.73 Å². The van der Waals surface area contributed by atoms with Crippen LogP contribution >= 0.6 is 11.8 Å². The third kappa shape index (κ3) is 2.78. The number of anilines is 1. The first-order chi connectivity index (χ1) is 8.56. The van der Waals surface area contributed by atoms with Gasteiger partial charge >= 0.3 is 0 Å². The standard InChI is InChI=1S/C12H12N4OS/c1-7-5-15-12(16-6-7)18-10-4-8(13)2-3-9(10)11(14)17/h2-6H,13H2,1H3,(H2,14,17). The van der Waals surface area contributed by atoms with E-state index in [-0.39, 0.29) is 0 Å². The van der Waals surface area contributed by atoms with E-state index in [1.54, 1.807) is 30.6 Å². The Labute approximate surface area is 109 Å². The van der Waals surface area contributed by atoms with Gasteiger partial charge in [-0.2, -0.15) is 0 Å². The van der Waals surface area contributed by atoms with Crippen LogP contribution in [0.4, 0.5) is 5.69 Å². The second-order valence-corrected chi connectivity index (χ2v) is 4.77. The number of nitrogens with zero attached hydrogens (tertiary/aromatic N) is 2. The van der Waals surface area contributed by atoms with Crippen LogP contribution in [0.3, 0.4) is 0 Å². The molecule has 0 saturated carbocycles. The van der Waals surface area contributed by atoms with Crippen LogP contribution in [0.2, 0.25) is 0 Å². The number of nitrogen functional groups attached to an aromatic ring is 1. The van der Waals surface area contributed by atoms with Gasteiger partial charge in [-0.1, -0.05) is 0 Å². The van der Waals surface area contributed by atoms with Gasteiger partial charge in [0.15, 0.2) is 5.16 Å². The summed E-state index contributed by atoms with van der Waals surface area (Å²) in [4.78, 5) is 20.3. The number of benzene rings is 1. The minimum atomic E-state index is -0.496. The summed E-state index contributed by atoms with van der Waals surface area (Å²) in [6.45, 7) is 1.91. The number of rotatable bonds is 3. The maximum atomic E-state index is 11.3. The molecule has 6 heteroatoms. The highest BCUT2D eigenvalue weighted by molar-refractivity contribution is 7.99. The van der Waals surface area contributed by atoms with E-state index >= 15 is 0 Å². The van der Waals surface area contributed by atoms with Crippen molar-refractivity contribution in [2.45, 2.75) is 17.0 Å². The number of hydrogen-bond donors (Lipinski definition) is 2. The smallest absolute Gasteiger partial charge is 0.249 e. The van der Waals surface area contributed by atoms with Gasteiger partial charge < -0.3 is 11.5 Å². The van der Waals surface area contributed by atoms with Crippen LogP contribution < -0.4 is 11.5 Å². The highest BCUT2D eigenvalue weighted by atomic mass is 32.2. The van der Waals surface area contributed by atoms with E-state index in [4.69, 9.17) is 11.5 Å². The van der Waals surface area contributed by atoms with E-state index in [0.29, 0.717) is 21.3 Å². The summed E-state index contributed by atoms with van der Waals surface area (Å²) in [5.41, 5.74) is 13.0. The molecule has 1 aromatic heterocycles. The molecular formula is C12H12N4OS. The zero-order valence-corrected chi connectivity index (χ0v) is 10.6. The van der Waals surface area contributed by atoms with E-state index in [2.05, 4.69) is 9.97 Å². The molecule has 1 aromatic carbocycles. The van der Waals surface area contributed by atoms with Gasteiger partial charge in [0.1, 0.15) is 0 Å². The molecule has 0 spiro atoms. The van der Waals surface area contributed by atoms with Gasteiger partial charge in [-0.05, 0) is 42.4 Å². The highest BCUT2D eigenvalue weighted by Gasteiger charge is 2.11. The molecule has 0 aliphatic heterocycles. The first kappa shape index (κ1) is 12.4. The van der Waals surface area contributed by atoms with E-state index in [1.165, 1.54) is 11.8 Å². The Morgan fingerprint density at radius 2 is 1.94 bits per heavy atom. The second kappa shape index (κ2) is 5.05. The summed E-state index contributed by atoms with van der Waals surface area (Å²) >= 11 is 1.26. The van der Waals surface area contributed by atoms with Gasteiger partial charge in [-0.25, -0.2) is 9.97 Å². The summed E-state index contributed by atoms with van der Waals surface area (Å²) in [7, 11) is 0. The minimum absolute atomic E-state index is 0.415. The van der Waals surface area contributed by atoms with Crippen LogP contribution in [-0.4, -0.2) is 15.9 Å². The SMILES string of the molecule is Cc1cnc(Sc2cc(N)ccc2C(N)=O)nc1. The fourth-order valence-electron chi connectivity index (χ4n) is 1.36. The van der Waals surface area contributed by atoms with E-state index in [1.807, 2.05) is 6.92 Å². The quantitative estimate of drug-likeness (QED) is 0.646. The maximum Gasteiger partial charge on any atom is 0.249 e. The van der Waals surface area contributed by atoms with E-state index < -0.39 is 5.91 Å². The lowest BCUT2D eigenvalue weighted by molar-refractivity contribution is 0.0997. The average molecular weight is 260 g/mol. The number of aryl methyl sites for hydroxylation is 1. The normalized spacial score (nSPS) is 10.3. The maximum absolute atomic E-state index is 11.3. The summed E-state index contributed by atoms with van der Waals surface area (Å²) in [5.74, 6) is -0.496. The van der Waals surface area contributed by atoms with Crippen LogP contribution in [-0.2, 0) is 0 Å². The summed E-state index contributed by atoms with van der Waals surface area (Å²) < 4.78 is 0. The first-order valence-corrected chi connectivity index (χ1v) is 6.04. The van der Waals surface area contributed by atoms with Gasteiger partial charge in [0.2, 0.25) is 5.91 Å². The van der Waals surface area contributed by atoms with Gasteiger partial charge in [-0.15, -0.1) is 0 Å². The lowest BCUT2D eigenvalue weighted by Crippen LogP contribution is -2.12. The predicted octanol–water partition coefficient (Wildman–Crippen LogP) is 1.62. The number of primary amides is 1. The number of carbonyl (C=O) groups excluding carboxylic acids is 1. The Morgan fingerprint density at radius 3 is 2.56 bits per heavy atom. The molecule has 2 aromatic rings. The van der Waals surface area contributed by atoms with Crippen molar-refractivity contribution in [3.63, 3.8) is 0 Å². The summed E-state index contributed by atoms with van der Waals surface area (Å²) in [5, 5.41) is 0.550. The molecule has 0 aliphatic carbocycles. The summed E-state index contributed by atoms with van der Waals surface area (Å²) in [6, 6.07) is 4.93. The van der Waals surface area contributed by atoms with E-state index in [9.17, 15) is 4.79 Å². The molecule has 2 rings (SSSR count). The molecule has 0 atom stereocenters. The number of aromatic nitrogens is 2. The lowest BCUT2D eigenvalue weighted by atomic mass is 10.2. The van der Waals surface area contributed by atoms with Gasteiger partial charge in [0.25, 0.3) is 0 Å². The molecule has 0 radical (unpaired) electrons. The van der Waals surface area contributed by atoms with Crippen molar-refractivity contribution < 1.29 is 4.79 Å². The second-order valence-electron chi connectivity index (χ2n) is 3.76. The molecule has 0 fully saturated rings. The van der Waals surface area contributed by atoms with Gasteiger partial charge in [0, 0.05) is 23.0 Å². The Hall–Kier alpha value is -2.08. The van der Waals surface area contributed by atoms with Crippen molar-refractivity contribution in [1.82, 2.24) is 9.97 Å². The topological polar surface area (TPSA) is 94.9 Å². The zero-order chi connectivity index (χ0) is 13.1. The van der Waals surface area contributed by atoms with Crippen molar-refractivity contribution >= 4 is 23.4 Å². The largest absolute Gasteiger partial charge is 0.399 e. The summed E-state index contributed by atoms with van der Waals surface area (Å²) in [6.07, 6.45) is 3.43. The molecule has 1 amide bonds. The molecule has 0 bridgehead atoms. The molecule has 5 nitrogen and oxygen atoms in total. The van der Waals surface area contributed by atoms with Crippen LogP contribution in [0.5, 0.6) is 0 Å². The van der Waals surface area contributed by atoms with E-state index in [0.717, 1.165) is 5.56 Å². The lowest BCUT2D eigenvalue weighted by Gasteiger charge is -2.06. The molecule has 0 saturated heterocycles. The zero-order valence-electron chi connectivity index (χ0n) is 9.75. The molecule has 1 heterocycles. The highest BCUT2D eigenvalue weighted by Crippen LogP contribution is 2.29. The number of hydrogen-bond acceptors (Lipinski definition) is 5. The fourth-order valence-corrected chi connectivity index (χ4v) is 2.24. The van der Waals surface area contributed by atoms with Crippen LogP contribution in [0.1, 0.15) is 15.9 Å². The molecule has 0 unspecified atom stereocenters. The van der Waals surface area contributed by atoms with Crippen LogP contribution in [0.15, 0.2) is 40.6 Å². The van der Waals surface area contributed by atoms with Gasteiger partial charge in [-0.3, -0.25) is 4.79 Å². The van der Waals surface area contributed by atoms with Crippen molar-refractivity contribution in [3.05, 3.63) is 41.7 Å². The Morgan fingerprint density at radius 1 is 1.28 bits per heavy atom. The number of carbonyl (C=O) groups is 1. The first-order valence-electron chi connectivity index (χ1n) is 5.22. The third-order valence-electron chi connectivity index (χ3n) is 2.23. The predicted molar refractivity (Wildman–Crippen MR) is 70.3 cm³/mol. The minimum Gasteiger partial charge on any atom is -0.399 e. The molecule has 18 heavy (non-hydrogen) atoms. The fraction of sp³-hybridized carbons (Fsp3) is 0.0833. The Bertz CT molecular complexity index is 583. The number of nitrogens with two attached hydrogens (primary N) is 2.